The van der Waals surface area contributed by atoms with Gasteiger partial charge in [0.25, 0.3) is 5.56 Å². The van der Waals surface area contributed by atoms with E-state index in [1.54, 1.807) is 4.90 Å². The van der Waals surface area contributed by atoms with Crippen LogP contribution in [-0.2, 0) is 22.6 Å². The van der Waals surface area contributed by atoms with Crippen LogP contribution in [0.3, 0.4) is 0 Å². The Hall–Kier alpha value is -2.32. The average Bonchev–Trinajstić information content (AvgIpc) is 3.39. The fraction of sp³-hybridized carbons (Fsp3) is 0.368. The highest BCUT2D eigenvalue weighted by Gasteiger charge is 2.26. The lowest BCUT2D eigenvalue weighted by atomic mass is 10.2. The predicted octanol–water partition coefficient (Wildman–Crippen LogP) is 1.86. The first-order valence-electron chi connectivity index (χ1n) is 9.09. The van der Waals surface area contributed by atoms with Gasteiger partial charge in [-0.1, -0.05) is 29.8 Å². The SMILES string of the molecule is O=C(CSc1cnn(CC(=O)N2CCc3ccccc32)c(=O)c1Cl)NC1CC1. The molecule has 146 valence electrons. The number of carbonyl (C=O) groups excluding carboxylic acids is 2. The minimum Gasteiger partial charge on any atom is -0.353 e. The summed E-state index contributed by atoms with van der Waals surface area (Å²) in [6.45, 7) is 0.407. The molecule has 2 heterocycles. The number of carbonyl (C=O) groups is 2. The molecule has 1 N–H and O–H groups in total. The number of rotatable bonds is 6. The molecule has 0 unspecified atom stereocenters. The largest absolute Gasteiger partial charge is 0.353 e. The molecule has 0 saturated heterocycles. The van der Waals surface area contributed by atoms with Crippen LogP contribution in [0.4, 0.5) is 5.69 Å². The minimum atomic E-state index is -0.532. The van der Waals surface area contributed by atoms with Crippen molar-refractivity contribution in [3.63, 3.8) is 0 Å². The van der Waals surface area contributed by atoms with Gasteiger partial charge in [0, 0.05) is 18.3 Å². The Morgan fingerprint density at radius 1 is 1.29 bits per heavy atom. The van der Waals surface area contributed by atoms with E-state index in [2.05, 4.69) is 10.4 Å². The van der Waals surface area contributed by atoms with Crippen molar-refractivity contribution in [3.8, 4) is 0 Å². The molecule has 0 radical (unpaired) electrons. The van der Waals surface area contributed by atoms with Crippen LogP contribution in [0.25, 0.3) is 0 Å². The van der Waals surface area contributed by atoms with Crippen molar-refractivity contribution in [1.29, 1.82) is 0 Å². The van der Waals surface area contributed by atoms with Crippen molar-refractivity contribution in [2.75, 3.05) is 17.2 Å². The van der Waals surface area contributed by atoms with Crippen molar-refractivity contribution in [3.05, 3.63) is 51.4 Å². The summed E-state index contributed by atoms with van der Waals surface area (Å²) in [5.74, 6) is -0.124. The van der Waals surface area contributed by atoms with E-state index in [0.29, 0.717) is 11.4 Å². The maximum Gasteiger partial charge on any atom is 0.287 e. The monoisotopic (exact) mass is 418 g/mol. The summed E-state index contributed by atoms with van der Waals surface area (Å²) in [5, 5.41) is 6.94. The number of anilines is 1. The van der Waals surface area contributed by atoms with E-state index in [0.717, 1.165) is 35.2 Å². The van der Waals surface area contributed by atoms with Gasteiger partial charge in [-0.2, -0.15) is 5.10 Å². The number of halogens is 1. The van der Waals surface area contributed by atoms with E-state index in [-0.39, 0.29) is 35.2 Å². The van der Waals surface area contributed by atoms with Crippen molar-refractivity contribution < 1.29 is 9.59 Å². The van der Waals surface area contributed by atoms with Gasteiger partial charge in [0.2, 0.25) is 11.8 Å². The number of benzene rings is 1. The quantitative estimate of drug-likeness (QED) is 0.724. The van der Waals surface area contributed by atoms with E-state index in [1.165, 1.54) is 18.0 Å². The normalized spacial score (nSPS) is 15.4. The molecule has 7 nitrogen and oxygen atoms in total. The van der Waals surface area contributed by atoms with Crippen molar-refractivity contribution in [1.82, 2.24) is 15.1 Å². The highest BCUT2D eigenvalue weighted by atomic mass is 35.5. The first kappa shape index (κ1) is 19.0. The third-order valence-corrected chi connectivity index (χ3v) is 6.23. The molecule has 1 fully saturated rings. The van der Waals surface area contributed by atoms with Gasteiger partial charge in [0.15, 0.2) is 0 Å². The topological polar surface area (TPSA) is 84.3 Å². The van der Waals surface area contributed by atoms with Crippen LogP contribution in [0.15, 0.2) is 40.2 Å². The molecule has 0 atom stereocenters. The molecular formula is C19H19ClN4O3S. The molecule has 1 aliphatic carbocycles. The Kier molecular flexibility index (Phi) is 5.41. The minimum absolute atomic E-state index is 0.0196. The molecule has 0 spiro atoms. The van der Waals surface area contributed by atoms with Crippen LogP contribution >= 0.6 is 23.4 Å². The van der Waals surface area contributed by atoms with Crippen molar-refractivity contribution in [2.24, 2.45) is 0 Å². The molecule has 2 aliphatic rings. The molecular weight excluding hydrogens is 400 g/mol. The maximum atomic E-state index is 12.7. The number of amides is 2. The van der Waals surface area contributed by atoms with E-state index in [9.17, 15) is 14.4 Å². The van der Waals surface area contributed by atoms with Gasteiger partial charge in [0.05, 0.1) is 16.8 Å². The van der Waals surface area contributed by atoms with Gasteiger partial charge < -0.3 is 10.2 Å². The number of thioether (sulfide) groups is 1. The molecule has 1 aliphatic heterocycles. The summed E-state index contributed by atoms with van der Waals surface area (Å²) in [6, 6.07) is 8.01. The van der Waals surface area contributed by atoms with Crippen LogP contribution in [0.5, 0.6) is 0 Å². The third-order valence-electron chi connectivity index (χ3n) is 4.73. The number of hydrogen-bond donors (Lipinski definition) is 1. The first-order valence-corrected chi connectivity index (χ1v) is 10.5. The van der Waals surface area contributed by atoms with Gasteiger partial charge >= 0.3 is 0 Å². The van der Waals surface area contributed by atoms with E-state index >= 15 is 0 Å². The zero-order valence-electron chi connectivity index (χ0n) is 15.1. The average molecular weight is 419 g/mol. The Bertz CT molecular complexity index is 989. The second-order valence-corrected chi connectivity index (χ2v) is 8.24. The highest BCUT2D eigenvalue weighted by molar-refractivity contribution is 8.00. The molecule has 2 amide bonds. The molecule has 4 rings (SSSR count). The predicted molar refractivity (Wildman–Crippen MR) is 108 cm³/mol. The Morgan fingerprint density at radius 3 is 2.86 bits per heavy atom. The molecule has 9 heteroatoms. The number of nitrogens with one attached hydrogen (secondary N) is 1. The zero-order chi connectivity index (χ0) is 19.7. The van der Waals surface area contributed by atoms with Gasteiger partial charge in [-0.25, -0.2) is 4.68 Å². The maximum absolute atomic E-state index is 12.7. The molecule has 1 aromatic carbocycles. The Labute approximate surface area is 171 Å². The lowest BCUT2D eigenvalue weighted by Crippen LogP contribution is -2.36. The lowest BCUT2D eigenvalue weighted by Gasteiger charge is -2.17. The fourth-order valence-electron chi connectivity index (χ4n) is 3.11. The van der Waals surface area contributed by atoms with E-state index in [1.807, 2.05) is 24.3 Å². The summed E-state index contributed by atoms with van der Waals surface area (Å²) < 4.78 is 1.07. The molecule has 1 aromatic heterocycles. The number of aromatic nitrogens is 2. The fourth-order valence-corrected chi connectivity index (χ4v) is 4.13. The number of fused-ring (bicyclic) bond motifs is 1. The number of para-hydroxylation sites is 1. The Balaban J connectivity index is 1.42. The van der Waals surface area contributed by atoms with E-state index in [4.69, 9.17) is 11.6 Å². The van der Waals surface area contributed by atoms with Crippen LogP contribution in [-0.4, -0.2) is 39.9 Å². The van der Waals surface area contributed by atoms with Gasteiger partial charge in [0.1, 0.15) is 11.6 Å². The van der Waals surface area contributed by atoms with Crippen LogP contribution < -0.4 is 15.8 Å². The van der Waals surface area contributed by atoms with Crippen LogP contribution in [0, 0.1) is 0 Å². The number of hydrogen-bond acceptors (Lipinski definition) is 5. The van der Waals surface area contributed by atoms with Crippen LogP contribution in [0.1, 0.15) is 18.4 Å². The van der Waals surface area contributed by atoms with Gasteiger partial charge in [-0.15, -0.1) is 11.8 Å². The Morgan fingerprint density at radius 2 is 2.07 bits per heavy atom. The van der Waals surface area contributed by atoms with E-state index < -0.39 is 5.56 Å². The summed E-state index contributed by atoms with van der Waals surface area (Å²) in [4.78, 5) is 39.1. The van der Waals surface area contributed by atoms with Crippen LogP contribution in [0.2, 0.25) is 5.02 Å². The summed E-state index contributed by atoms with van der Waals surface area (Å²) in [7, 11) is 0. The smallest absolute Gasteiger partial charge is 0.287 e. The second kappa shape index (κ2) is 7.97. The highest BCUT2D eigenvalue weighted by Crippen LogP contribution is 2.28. The molecule has 1 saturated carbocycles. The molecule has 0 bridgehead atoms. The summed E-state index contributed by atoms with van der Waals surface area (Å²) >= 11 is 7.34. The van der Waals surface area contributed by atoms with Gasteiger partial charge in [-0.05, 0) is 30.9 Å². The third kappa shape index (κ3) is 4.07. The second-order valence-electron chi connectivity index (χ2n) is 6.84. The number of nitrogens with zero attached hydrogens (tertiary/aromatic N) is 3. The van der Waals surface area contributed by atoms with Gasteiger partial charge in [-0.3, -0.25) is 14.4 Å². The molecule has 2 aromatic rings. The van der Waals surface area contributed by atoms with Crippen molar-refractivity contribution >= 4 is 40.9 Å². The summed E-state index contributed by atoms with van der Waals surface area (Å²) in [6.07, 6.45) is 4.27. The zero-order valence-corrected chi connectivity index (χ0v) is 16.6. The summed E-state index contributed by atoms with van der Waals surface area (Å²) in [5.41, 5.74) is 1.46. The lowest BCUT2D eigenvalue weighted by molar-refractivity contribution is -0.119. The standard InChI is InChI=1S/C19H19ClN4O3S/c20-18-15(28-11-16(25)22-13-5-6-13)9-21-24(19(18)27)10-17(26)23-8-7-12-3-1-2-4-14(12)23/h1-4,9,13H,5-8,10-11H2,(H,22,25). The van der Waals surface area contributed by atoms with Crippen molar-refractivity contribution in [2.45, 2.75) is 36.7 Å². The first-order chi connectivity index (χ1) is 13.5. The molecule has 28 heavy (non-hydrogen) atoms.